The van der Waals surface area contributed by atoms with Gasteiger partial charge in [0.05, 0.1) is 36.1 Å². The molecule has 4 rings (SSSR count). The summed E-state index contributed by atoms with van der Waals surface area (Å²) >= 11 is 0. The summed E-state index contributed by atoms with van der Waals surface area (Å²) in [4.78, 5) is 29.4. The Morgan fingerprint density at radius 3 is 2.53 bits per heavy atom. The molecule has 0 aliphatic carbocycles. The maximum atomic E-state index is 13.1. The number of carbonyl (C=O) groups excluding carboxylic acids is 2. The first-order valence-electron chi connectivity index (χ1n) is 10.4. The van der Waals surface area contributed by atoms with Crippen molar-refractivity contribution in [2.24, 2.45) is 0 Å². The Balaban J connectivity index is 1.41. The third-order valence-corrected chi connectivity index (χ3v) is 5.82. The number of amides is 2. The van der Waals surface area contributed by atoms with Crippen LogP contribution in [0.15, 0.2) is 30.5 Å². The normalized spacial score (nSPS) is 24.3. The molecule has 1 N–H and O–H groups in total. The highest BCUT2D eigenvalue weighted by molar-refractivity contribution is 5.95. The van der Waals surface area contributed by atoms with E-state index in [1.807, 2.05) is 23.6 Å². The van der Waals surface area contributed by atoms with Crippen LogP contribution in [-0.2, 0) is 16.0 Å². The Labute approximate surface area is 175 Å². The zero-order valence-electron chi connectivity index (χ0n) is 17.3. The lowest BCUT2D eigenvalue weighted by molar-refractivity contribution is -0.129. The molecule has 2 saturated heterocycles. The van der Waals surface area contributed by atoms with E-state index < -0.39 is 0 Å². The Hall–Kier alpha value is -2.74. The summed E-state index contributed by atoms with van der Waals surface area (Å²) in [6.45, 7) is 6.21. The topological polar surface area (TPSA) is 78.5 Å². The molecule has 2 amide bonds. The molecule has 30 heavy (non-hydrogen) atoms. The van der Waals surface area contributed by atoms with E-state index in [2.05, 4.69) is 10.2 Å². The van der Waals surface area contributed by atoms with Gasteiger partial charge in [-0.3, -0.25) is 14.7 Å². The van der Waals surface area contributed by atoms with Crippen LogP contribution >= 0.6 is 0 Å². The molecule has 2 fully saturated rings. The van der Waals surface area contributed by atoms with Crippen LogP contribution in [0.25, 0.3) is 0 Å². The van der Waals surface area contributed by atoms with E-state index in [0.29, 0.717) is 31.7 Å². The Kier molecular flexibility index (Phi) is 5.85. The molecule has 3 unspecified atom stereocenters. The summed E-state index contributed by atoms with van der Waals surface area (Å²) in [7, 11) is 0. The second kappa shape index (κ2) is 8.55. The number of nitrogens with zero attached hydrogens (tertiary/aromatic N) is 3. The van der Waals surface area contributed by atoms with Gasteiger partial charge in [0.25, 0.3) is 5.91 Å². The lowest BCUT2D eigenvalue weighted by Gasteiger charge is -2.35. The molecular formula is C22H27FN4O3. The number of ether oxygens (including phenoxy) is 1. The molecule has 2 aliphatic heterocycles. The molecule has 7 nitrogen and oxygen atoms in total. The van der Waals surface area contributed by atoms with Gasteiger partial charge in [-0.25, -0.2) is 4.39 Å². The molecule has 3 heterocycles. The lowest BCUT2D eigenvalue weighted by atomic mass is 10.00. The maximum absolute atomic E-state index is 13.1. The van der Waals surface area contributed by atoms with E-state index in [4.69, 9.17) is 4.74 Å². The van der Waals surface area contributed by atoms with Gasteiger partial charge in [-0.15, -0.1) is 0 Å². The molecule has 0 spiro atoms. The van der Waals surface area contributed by atoms with E-state index in [9.17, 15) is 14.0 Å². The maximum Gasteiger partial charge on any atom is 0.257 e. The zero-order valence-corrected chi connectivity index (χ0v) is 17.3. The minimum Gasteiger partial charge on any atom is -0.372 e. The molecular weight excluding hydrogens is 387 g/mol. The highest BCUT2D eigenvalue weighted by atomic mass is 19.1. The van der Waals surface area contributed by atoms with Crippen molar-refractivity contribution in [2.75, 3.05) is 26.2 Å². The highest BCUT2D eigenvalue weighted by Gasteiger charge is 2.34. The molecule has 1 aromatic heterocycles. The van der Waals surface area contributed by atoms with E-state index in [-0.39, 0.29) is 42.2 Å². The number of halogens is 1. The number of rotatable bonds is 4. The average Bonchev–Trinajstić information content (AvgIpc) is 3.37. The van der Waals surface area contributed by atoms with Crippen LogP contribution in [0.5, 0.6) is 0 Å². The third-order valence-electron chi connectivity index (χ3n) is 5.82. The van der Waals surface area contributed by atoms with Crippen molar-refractivity contribution < 1.29 is 18.7 Å². The molecule has 160 valence electrons. The van der Waals surface area contributed by atoms with Crippen LogP contribution in [0.4, 0.5) is 4.39 Å². The van der Waals surface area contributed by atoms with Crippen molar-refractivity contribution in [1.82, 2.24) is 20.0 Å². The lowest BCUT2D eigenvalue weighted by Crippen LogP contribution is -2.48. The first-order chi connectivity index (χ1) is 14.4. The largest absolute Gasteiger partial charge is 0.372 e. The van der Waals surface area contributed by atoms with Gasteiger partial charge in [-0.05, 0) is 38.0 Å². The summed E-state index contributed by atoms with van der Waals surface area (Å²) in [6, 6.07) is 6.00. The Morgan fingerprint density at radius 2 is 1.83 bits per heavy atom. The van der Waals surface area contributed by atoms with Gasteiger partial charge in [0, 0.05) is 32.1 Å². The second-order valence-corrected chi connectivity index (χ2v) is 8.29. The number of nitrogens with one attached hydrogen (secondary N) is 1. The summed E-state index contributed by atoms with van der Waals surface area (Å²) in [5, 5.41) is 7.12. The molecule has 2 aliphatic rings. The van der Waals surface area contributed by atoms with Crippen molar-refractivity contribution in [1.29, 1.82) is 0 Å². The number of likely N-dealkylation sites (tertiary alicyclic amines) is 1. The fourth-order valence-electron chi connectivity index (χ4n) is 4.40. The first-order valence-corrected chi connectivity index (χ1v) is 10.4. The first kappa shape index (κ1) is 20.5. The minimum atomic E-state index is -0.312. The van der Waals surface area contributed by atoms with Crippen molar-refractivity contribution in [2.45, 2.75) is 44.8 Å². The molecule has 3 atom stereocenters. The van der Waals surface area contributed by atoms with Crippen LogP contribution in [0, 0.1) is 5.82 Å². The number of H-pyrrole nitrogens is 1. The number of hydrogen-bond acceptors (Lipinski definition) is 4. The third kappa shape index (κ3) is 4.38. The SMILES string of the molecule is CC1CN(C(=O)c2cn[nH]c2C2CCN(C(=O)Cc3ccc(F)cc3)C2)CC(C)O1. The molecule has 2 aromatic rings. The zero-order chi connectivity index (χ0) is 21.3. The van der Waals surface area contributed by atoms with Crippen LogP contribution < -0.4 is 0 Å². The fraction of sp³-hybridized carbons (Fsp3) is 0.500. The number of carbonyl (C=O) groups is 2. The minimum absolute atomic E-state index is 0.000828. The van der Waals surface area contributed by atoms with Crippen LogP contribution in [0.3, 0.4) is 0 Å². The second-order valence-electron chi connectivity index (χ2n) is 8.29. The van der Waals surface area contributed by atoms with E-state index in [0.717, 1.165) is 17.7 Å². The van der Waals surface area contributed by atoms with Gasteiger partial charge in [-0.2, -0.15) is 5.10 Å². The Bertz CT molecular complexity index is 903. The van der Waals surface area contributed by atoms with E-state index in [1.54, 1.807) is 18.3 Å². The number of benzene rings is 1. The van der Waals surface area contributed by atoms with Gasteiger partial charge in [0.15, 0.2) is 0 Å². The van der Waals surface area contributed by atoms with Crippen LogP contribution in [0.1, 0.15) is 47.8 Å². The molecule has 1 aromatic carbocycles. The summed E-state index contributed by atoms with van der Waals surface area (Å²) in [6.07, 6.45) is 2.60. The smallest absolute Gasteiger partial charge is 0.257 e. The molecule has 8 heteroatoms. The monoisotopic (exact) mass is 414 g/mol. The number of aromatic nitrogens is 2. The number of morpholine rings is 1. The van der Waals surface area contributed by atoms with E-state index in [1.165, 1.54) is 12.1 Å². The van der Waals surface area contributed by atoms with Gasteiger partial charge in [0.1, 0.15) is 5.82 Å². The summed E-state index contributed by atoms with van der Waals surface area (Å²) < 4.78 is 18.8. The predicted molar refractivity (Wildman–Crippen MR) is 109 cm³/mol. The van der Waals surface area contributed by atoms with Crippen LogP contribution in [0.2, 0.25) is 0 Å². The number of aromatic amines is 1. The van der Waals surface area contributed by atoms with Crippen molar-refractivity contribution >= 4 is 11.8 Å². The Morgan fingerprint density at radius 1 is 1.13 bits per heavy atom. The van der Waals surface area contributed by atoms with Gasteiger partial charge in [0.2, 0.25) is 5.91 Å². The molecule has 0 saturated carbocycles. The highest BCUT2D eigenvalue weighted by Crippen LogP contribution is 2.29. The van der Waals surface area contributed by atoms with Crippen LogP contribution in [-0.4, -0.2) is 70.2 Å². The van der Waals surface area contributed by atoms with Gasteiger partial charge < -0.3 is 14.5 Å². The van der Waals surface area contributed by atoms with Crippen molar-refractivity contribution in [3.63, 3.8) is 0 Å². The average molecular weight is 414 g/mol. The number of hydrogen-bond donors (Lipinski definition) is 1. The van der Waals surface area contributed by atoms with E-state index >= 15 is 0 Å². The fourth-order valence-corrected chi connectivity index (χ4v) is 4.40. The standard InChI is InChI=1S/C22H27FN4O3/c1-14-11-27(12-15(2)30-14)22(29)19-10-24-25-21(19)17-7-8-26(13-17)20(28)9-16-3-5-18(23)6-4-16/h3-6,10,14-15,17H,7-9,11-13H2,1-2H3,(H,24,25). The summed E-state index contributed by atoms with van der Waals surface area (Å²) in [5.74, 6) is -0.309. The van der Waals surface area contributed by atoms with Gasteiger partial charge in [-0.1, -0.05) is 12.1 Å². The quantitative estimate of drug-likeness (QED) is 0.833. The molecule has 0 bridgehead atoms. The molecule has 0 radical (unpaired) electrons. The van der Waals surface area contributed by atoms with Gasteiger partial charge >= 0.3 is 0 Å². The predicted octanol–water partition coefficient (Wildman–Crippen LogP) is 2.36. The van der Waals surface area contributed by atoms with Crippen molar-refractivity contribution in [3.05, 3.63) is 53.1 Å². The summed E-state index contributed by atoms with van der Waals surface area (Å²) in [5.41, 5.74) is 2.16. The van der Waals surface area contributed by atoms with Crippen molar-refractivity contribution in [3.8, 4) is 0 Å².